The summed E-state index contributed by atoms with van der Waals surface area (Å²) >= 11 is 9.21. The van der Waals surface area contributed by atoms with Crippen molar-refractivity contribution in [1.82, 2.24) is 9.55 Å². The average molecular weight is 302 g/mol. The highest BCUT2D eigenvalue weighted by Crippen LogP contribution is 2.16. The van der Waals surface area contributed by atoms with Gasteiger partial charge in [-0.2, -0.15) is 0 Å². The number of aromatic nitrogens is 2. The van der Waals surface area contributed by atoms with Crippen LogP contribution in [0.15, 0.2) is 23.0 Å². The second-order valence-corrected chi connectivity index (χ2v) is 4.37. The third kappa shape index (κ3) is 1.87. The number of hydrogen-bond acceptors (Lipinski definition) is 2. The lowest BCUT2D eigenvalue weighted by molar-refractivity contribution is 0.682. The Morgan fingerprint density at radius 2 is 2.25 bits per heavy atom. The standard InChI is InChI=1S/C11H10BrClN2O/c1-2-15-10(6-12)14-9-4-3-7(13)5-8(9)11(15)16/h3-5H,2,6H2,1H3. The number of rotatable bonds is 2. The van der Waals surface area contributed by atoms with Crippen molar-refractivity contribution in [3.8, 4) is 0 Å². The average Bonchev–Trinajstić information content (AvgIpc) is 2.29. The lowest BCUT2D eigenvalue weighted by Crippen LogP contribution is -2.23. The van der Waals surface area contributed by atoms with Gasteiger partial charge in [-0.3, -0.25) is 9.36 Å². The molecule has 0 bridgehead atoms. The molecule has 0 saturated carbocycles. The van der Waals surface area contributed by atoms with Crippen molar-refractivity contribution in [3.05, 3.63) is 39.4 Å². The Labute approximate surface area is 106 Å². The smallest absolute Gasteiger partial charge is 0.261 e. The van der Waals surface area contributed by atoms with Crippen LogP contribution in [-0.4, -0.2) is 9.55 Å². The minimum absolute atomic E-state index is 0.0375. The number of fused-ring (bicyclic) bond motifs is 1. The van der Waals surface area contributed by atoms with Crippen LogP contribution in [0.4, 0.5) is 0 Å². The van der Waals surface area contributed by atoms with Crippen molar-refractivity contribution in [3.63, 3.8) is 0 Å². The summed E-state index contributed by atoms with van der Waals surface area (Å²) in [7, 11) is 0. The Kier molecular flexibility index (Phi) is 3.30. The van der Waals surface area contributed by atoms with Gasteiger partial charge in [0.15, 0.2) is 0 Å². The van der Waals surface area contributed by atoms with Gasteiger partial charge >= 0.3 is 0 Å². The van der Waals surface area contributed by atoms with Crippen LogP contribution in [0, 0.1) is 0 Å². The fourth-order valence-corrected chi connectivity index (χ4v) is 2.27. The van der Waals surface area contributed by atoms with E-state index in [4.69, 9.17) is 11.6 Å². The number of alkyl halides is 1. The van der Waals surface area contributed by atoms with Crippen molar-refractivity contribution in [2.24, 2.45) is 0 Å². The van der Waals surface area contributed by atoms with Gasteiger partial charge < -0.3 is 0 Å². The van der Waals surface area contributed by atoms with Crippen LogP contribution in [0.2, 0.25) is 5.02 Å². The molecule has 0 atom stereocenters. The zero-order chi connectivity index (χ0) is 11.7. The van der Waals surface area contributed by atoms with E-state index in [1.807, 2.05) is 6.92 Å². The molecular formula is C11H10BrClN2O. The Morgan fingerprint density at radius 3 is 2.88 bits per heavy atom. The van der Waals surface area contributed by atoms with Crippen LogP contribution < -0.4 is 5.56 Å². The maximum atomic E-state index is 12.1. The van der Waals surface area contributed by atoms with E-state index in [9.17, 15) is 4.79 Å². The Hall–Kier alpha value is -0.870. The van der Waals surface area contributed by atoms with Gasteiger partial charge in [0.2, 0.25) is 0 Å². The number of nitrogens with zero attached hydrogens (tertiary/aromatic N) is 2. The predicted octanol–water partition coefficient (Wildman–Crippen LogP) is 2.96. The van der Waals surface area contributed by atoms with E-state index in [-0.39, 0.29) is 5.56 Å². The molecule has 2 aromatic rings. The molecule has 0 aliphatic carbocycles. The molecule has 0 aliphatic rings. The Bertz CT molecular complexity index is 594. The molecule has 0 fully saturated rings. The quantitative estimate of drug-likeness (QED) is 0.799. The van der Waals surface area contributed by atoms with Crippen molar-refractivity contribution in [2.75, 3.05) is 0 Å². The maximum absolute atomic E-state index is 12.1. The van der Waals surface area contributed by atoms with Crippen LogP contribution in [0.5, 0.6) is 0 Å². The molecule has 0 radical (unpaired) electrons. The first-order valence-electron chi connectivity index (χ1n) is 4.92. The van der Waals surface area contributed by atoms with E-state index >= 15 is 0 Å². The fraction of sp³-hybridized carbons (Fsp3) is 0.273. The molecule has 1 heterocycles. The third-order valence-electron chi connectivity index (χ3n) is 2.43. The summed E-state index contributed by atoms with van der Waals surface area (Å²) in [4.78, 5) is 16.6. The lowest BCUT2D eigenvalue weighted by Gasteiger charge is -2.09. The van der Waals surface area contributed by atoms with Crippen LogP contribution in [0.25, 0.3) is 10.9 Å². The van der Waals surface area contributed by atoms with Gasteiger partial charge in [-0.15, -0.1) is 0 Å². The molecule has 1 aromatic heterocycles. The molecule has 2 rings (SSSR count). The predicted molar refractivity (Wildman–Crippen MR) is 69.3 cm³/mol. The topological polar surface area (TPSA) is 34.9 Å². The van der Waals surface area contributed by atoms with Crippen molar-refractivity contribution in [2.45, 2.75) is 18.8 Å². The zero-order valence-corrected chi connectivity index (χ0v) is 11.0. The van der Waals surface area contributed by atoms with Gasteiger partial charge in [0, 0.05) is 11.6 Å². The Morgan fingerprint density at radius 1 is 1.50 bits per heavy atom. The van der Waals surface area contributed by atoms with E-state index in [1.165, 1.54) is 0 Å². The van der Waals surface area contributed by atoms with E-state index in [0.717, 1.165) is 5.82 Å². The molecule has 0 aliphatic heterocycles. The van der Waals surface area contributed by atoms with Crippen molar-refractivity contribution in [1.29, 1.82) is 0 Å². The van der Waals surface area contributed by atoms with Gasteiger partial charge in [0.1, 0.15) is 5.82 Å². The van der Waals surface area contributed by atoms with Crippen LogP contribution in [-0.2, 0) is 11.9 Å². The fourth-order valence-electron chi connectivity index (χ4n) is 1.67. The minimum atomic E-state index is -0.0375. The van der Waals surface area contributed by atoms with Gasteiger partial charge in [0.05, 0.1) is 16.2 Å². The minimum Gasteiger partial charge on any atom is -0.296 e. The number of halogens is 2. The molecule has 1 aromatic carbocycles. The van der Waals surface area contributed by atoms with Crippen LogP contribution in [0.1, 0.15) is 12.7 Å². The molecular weight excluding hydrogens is 291 g/mol. The first kappa shape index (κ1) is 11.6. The number of hydrogen-bond donors (Lipinski definition) is 0. The third-order valence-corrected chi connectivity index (χ3v) is 3.17. The molecule has 0 N–H and O–H groups in total. The molecule has 5 heteroatoms. The highest BCUT2D eigenvalue weighted by Gasteiger charge is 2.08. The van der Waals surface area contributed by atoms with E-state index in [0.29, 0.717) is 27.8 Å². The monoisotopic (exact) mass is 300 g/mol. The summed E-state index contributed by atoms with van der Waals surface area (Å²) in [6.07, 6.45) is 0. The van der Waals surface area contributed by atoms with Gasteiger partial charge in [-0.25, -0.2) is 4.98 Å². The van der Waals surface area contributed by atoms with Crippen molar-refractivity contribution < 1.29 is 0 Å². The first-order valence-corrected chi connectivity index (χ1v) is 6.42. The van der Waals surface area contributed by atoms with Crippen LogP contribution >= 0.6 is 27.5 Å². The molecule has 0 amide bonds. The summed E-state index contributed by atoms with van der Waals surface area (Å²) in [5.41, 5.74) is 0.651. The molecule has 84 valence electrons. The summed E-state index contributed by atoms with van der Waals surface area (Å²) in [5.74, 6) is 0.738. The first-order chi connectivity index (χ1) is 7.67. The van der Waals surface area contributed by atoms with Gasteiger partial charge in [0.25, 0.3) is 5.56 Å². The van der Waals surface area contributed by atoms with Crippen molar-refractivity contribution >= 4 is 38.4 Å². The second-order valence-electron chi connectivity index (χ2n) is 3.37. The van der Waals surface area contributed by atoms with E-state index in [1.54, 1.807) is 22.8 Å². The molecule has 16 heavy (non-hydrogen) atoms. The van der Waals surface area contributed by atoms with E-state index < -0.39 is 0 Å². The molecule has 3 nitrogen and oxygen atoms in total. The number of benzene rings is 1. The second kappa shape index (κ2) is 4.55. The summed E-state index contributed by atoms with van der Waals surface area (Å²) < 4.78 is 1.65. The lowest BCUT2D eigenvalue weighted by atomic mass is 10.2. The van der Waals surface area contributed by atoms with Gasteiger partial charge in [-0.1, -0.05) is 27.5 Å². The van der Waals surface area contributed by atoms with Gasteiger partial charge in [-0.05, 0) is 25.1 Å². The SMILES string of the molecule is CCn1c(CBr)nc2ccc(Cl)cc2c1=O. The van der Waals surface area contributed by atoms with Crippen LogP contribution in [0.3, 0.4) is 0 Å². The molecule has 0 spiro atoms. The van der Waals surface area contributed by atoms with E-state index in [2.05, 4.69) is 20.9 Å². The summed E-state index contributed by atoms with van der Waals surface area (Å²) in [6, 6.07) is 5.17. The molecule has 0 saturated heterocycles. The summed E-state index contributed by atoms with van der Waals surface area (Å²) in [5, 5.41) is 1.69. The maximum Gasteiger partial charge on any atom is 0.261 e. The Balaban J connectivity index is 2.88. The highest BCUT2D eigenvalue weighted by atomic mass is 79.9. The molecule has 0 unspecified atom stereocenters. The largest absolute Gasteiger partial charge is 0.296 e. The zero-order valence-electron chi connectivity index (χ0n) is 8.70. The highest BCUT2D eigenvalue weighted by molar-refractivity contribution is 9.08. The summed E-state index contributed by atoms with van der Waals surface area (Å²) in [6.45, 7) is 2.53. The normalized spacial score (nSPS) is 10.9.